The largest absolute Gasteiger partial charge is 0.465 e. The third-order valence-corrected chi connectivity index (χ3v) is 5.20. The van der Waals surface area contributed by atoms with Crippen LogP contribution in [0.1, 0.15) is 42.5 Å². The minimum absolute atomic E-state index is 0.134. The first-order valence-corrected chi connectivity index (χ1v) is 8.92. The first-order valence-electron chi connectivity index (χ1n) is 8.04. The molecule has 6 nitrogen and oxygen atoms in total. The minimum atomic E-state index is -0.395. The molecule has 1 aliphatic heterocycles. The molecule has 7 heteroatoms. The quantitative estimate of drug-likeness (QED) is 0.857. The molecule has 1 aromatic rings. The topological polar surface area (TPSA) is 67.9 Å². The number of thiophene rings is 1. The molecule has 23 heavy (non-hydrogen) atoms. The van der Waals surface area contributed by atoms with E-state index < -0.39 is 5.97 Å². The highest BCUT2D eigenvalue weighted by atomic mass is 32.1. The Bertz CT molecular complexity index is 570. The zero-order valence-electron chi connectivity index (χ0n) is 13.2. The molecule has 0 bridgehead atoms. The van der Waals surface area contributed by atoms with Crippen LogP contribution >= 0.6 is 11.3 Å². The lowest BCUT2D eigenvalue weighted by molar-refractivity contribution is -0.0714. The predicted molar refractivity (Wildman–Crippen MR) is 88.0 cm³/mol. The molecule has 2 fully saturated rings. The zero-order valence-corrected chi connectivity index (χ0v) is 14.1. The molecule has 0 spiro atoms. The number of carbonyl (C=O) groups excluding carboxylic acids is 2. The van der Waals surface area contributed by atoms with Crippen LogP contribution in [-0.4, -0.2) is 49.3 Å². The van der Waals surface area contributed by atoms with Crippen LogP contribution in [0.25, 0.3) is 0 Å². The molecular formula is C16H22N2O4S. The van der Waals surface area contributed by atoms with E-state index in [9.17, 15) is 9.59 Å². The van der Waals surface area contributed by atoms with Crippen molar-refractivity contribution in [3.8, 4) is 0 Å². The number of piperidine rings is 1. The Morgan fingerprint density at radius 2 is 2.04 bits per heavy atom. The first kappa shape index (κ1) is 16.3. The summed E-state index contributed by atoms with van der Waals surface area (Å²) in [5.74, 6) is -0.395. The number of hydrogen-bond donors (Lipinski definition) is 1. The number of carbonyl (C=O) groups is 2. The molecule has 3 rings (SSSR count). The standard InChI is InChI=1S/C16H22N2O4S/c1-21-15(19)11-8-14(23-10-11)17-16(20)18-7-3-6-13(9-18)22-12-4-2-5-12/h8,10,12-13H,2-7,9H2,1H3,(H,17,20). The van der Waals surface area contributed by atoms with Gasteiger partial charge in [-0.3, -0.25) is 5.32 Å². The SMILES string of the molecule is COC(=O)c1csc(NC(=O)N2CCCC(OC3CCC3)C2)c1. The summed E-state index contributed by atoms with van der Waals surface area (Å²) in [4.78, 5) is 25.6. The van der Waals surface area contributed by atoms with Crippen LogP contribution < -0.4 is 5.32 Å². The van der Waals surface area contributed by atoms with Gasteiger partial charge < -0.3 is 14.4 Å². The van der Waals surface area contributed by atoms with Gasteiger partial charge in [0, 0.05) is 18.5 Å². The number of anilines is 1. The highest BCUT2D eigenvalue weighted by Crippen LogP contribution is 2.27. The summed E-state index contributed by atoms with van der Waals surface area (Å²) >= 11 is 1.32. The van der Waals surface area contributed by atoms with Crippen LogP contribution in [0.4, 0.5) is 9.80 Å². The fourth-order valence-corrected chi connectivity index (χ4v) is 3.58. The maximum atomic E-state index is 12.4. The lowest BCUT2D eigenvalue weighted by atomic mass is 9.95. The van der Waals surface area contributed by atoms with Crippen molar-refractivity contribution in [2.75, 3.05) is 25.5 Å². The van der Waals surface area contributed by atoms with Crippen molar-refractivity contribution in [3.63, 3.8) is 0 Å². The number of rotatable bonds is 4. The molecule has 1 aromatic heterocycles. The molecule has 2 aliphatic rings. The molecule has 126 valence electrons. The summed E-state index contributed by atoms with van der Waals surface area (Å²) in [7, 11) is 1.34. The predicted octanol–water partition coefficient (Wildman–Crippen LogP) is 3.10. The van der Waals surface area contributed by atoms with Gasteiger partial charge in [0.25, 0.3) is 0 Å². The van der Waals surface area contributed by atoms with E-state index in [4.69, 9.17) is 4.74 Å². The molecule has 1 saturated heterocycles. The molecule has 1 saturated carbocycles. The number of urea groups is 1. The average molecular weight is 338 g/mol. The summed E-state index contributed by atoms with van der Waals surface area (Å²) in [6, 6.07) is 1.51. The maximum Gasteiger partial charge on any atom is 0.338 e. The Balaban J connectivity index is 1.52. The number of hydrogen-bond acceptors (Lipinski definition) is 5. The number of esters is 1. The van der Waals surface area contributed by atoms with Gasteiger partial charge in [-0.25, -0.2) is 9.59 Å². The maximum absolute atomic E-state index is 12.4. The molecule has 2 heterocycles. The second-order valence-corrected chi connectivity index (χ2v) is 6.93. The second-order valence-electron chi connectivity index (χ2n) is 6.02. The molecular weight excluding hydrogens is 316 g/mol. The fraction of sp³-hybridized carbons (Fsp3) is 0.625. The Kier molecular flexibility index (Phi) is 5.17. The van der Waals surface area contributed by atoms with E-state index in [-0.39, 0.29) is 12.1 Å². The van der Waals surface area contributed by atoms with Gasteiger partial charge in [-0.05, 0) is 38.2 Å². The van der Waals surface area contributed by atoms with Crippen LogP contribution in [0.15, 0.2) is 11.4 Å². The first-order chi connectivity index (χ1) is 11.2. The highest BCUT2D eigenvalue weighted by Gasteiger charge is 2.28. The molecule has 1 atom stereocenters. The number of nitrogens with zero attached hydrogens (tertiary/aromatic N) is 1. The van der Waals surface area contributed by atoms with Gasteiger partial charge in [0.05, 0.1) is 29.9 Å². The van der Waals surface area contributed by atoms with Crippen molar-refractivity contribution in [2.45, 2.75) is 44.3 Å². The second kappa shape index (κ2) is 7.31. The van der Waals surface area contributed by atoms with Gasteiger partial charge in [0.15, 0.2) is 0 Å². The van der Waals surface area contributed by atoms with E-state index >= 15 is 0 Å². The Morgan fingerprint density at radius 3 is 2.74 bits per heavy atom. The third-order valence-electron chi connectivity index (χ3n) is 4.35. The van der Waals surface area contributed by atoms with Crippen LogP contribution in [0.5, 0.6) is 0 Å². The number of amides is 2. The van der Waals surface area contributed by atoms with Gasteiger partial charge in [0.2, 0.25) is 0 Å². The zero-order chi connectivity index (χ0) is 16.2. The lowest BCUT2D eigenvalue weighted by Gasteiger charge is -2.36. The van der Waals surface area contributed by atoms with E-state index in [0.29, 0.717) is 23.2 Å². The molecule has 0 radical (unpaired) electrons. The van der Waals surface area contributed by atoms with Crippen LogP contribution in [0, 0.1) is 0 Å². The third kappa shape index (κ3) is 4.03. The van der Waals surface area contributed by atoms with Gasteiger partial charge in [-0.15, -0.1) is 11.3 Å². The molecule has 1 unspecified atom stereocenters. The normalized spacial score (nSPS) is 21.6. The summed E-state index contributed by atoms with van der Waals surface area (Å²) in [5.41, 5.74) is 0.456. The summed E-state index contributed by atoms with van der Waals surface area (Å²) < 4.78 is 10.7. The van der Waals surface area contributed by atoms with Crippen LogP contribution in [0.2, 0.25) is 0 Å². The molecule has 1 aliphatic carbocycles. The van der Waals surface area contributed by atoms with Crippen molar-refractivity contribution < 1.29 is 19.1 Å². The monoisotopic (exact) mass is 338 g/mol. The number of methoxy groups -OCH3 is 1. The molecule has 0 aromatic carbocycles. The Hall–Kier alpha value is -1.60. The van der Waals surface area contributed by atoms with E-state index in [1.165, 1.54) is 24.9 Å². The minimum Gasteiger partial charge on any atom is -0.465 e. The Labute approximate surface area is 139 Å². The van der Waals surface area contributed by atoms with Gasteiger partial charge in [-0.2, -0.15) is 0 Å². The number of likely N-dealkylation sites (tertiary alicyclic amines) is 1. The Morgan fingerprint density at radius 1 is 1.26 bits per heavy atom. The van der Waals surface area contributed by atoms with Crippen molar-refractivity contribution in [1.29, 1.82) is 0 Å². The van der Waals surface area contributed by atoms with E-state index in [0.717, 1.165) is 32.2 Å². The van der Waals surface area contributed by atoms with E-state index in [1.54, 1.807) is 16.3 Å². The van der Waals surface area contributed by atoms with Crippen molar-refractivity contribution >= 4 is 28.3 Å². The number of ether oxygens (including phenoxy) is 2. The summed E-state index contributed by atoms with van der Waals surface area (Å²) in [6.07, 6.45) is 6.07. The van der Waals surface area contributed by atoms with Crippen LogP contribution in [-0.2, 0) is 9.47 Å². The van der Waals surface area contributed by atoms with Crippen molar-refractivity contribution in [3.05, 3.63) is 17.0 Å². The molecule has 2 amide bonds. The van der Waals surface area contributed by atoms with Crippen LogP contribution in [0.3, 0.4) is 0 Å². The lowest BCUT2D eigenvalue weighted by Crippen LogP contribution is -2.46. The van der Waals surface area contributed by atoms with Gasteiger partial charge >= 0.3 is 12.0 Å². The van der Waals surface area contributed by atoms with Gasteiger partial charge in [-0.1, -0.05) is 0 Å². The van der Waals surface area contributed by atoms with E-state index in [2.05, 4.69) is 10.1 Å². The van der Waals surface area contributed by atoms with E-state index in [1.807, 2.05) is 0 Å². The molecule has 1 N–H and O–H groups in total. The fourth-order valence-electron chi connectivity index (χ4n) is 2.82. The summed E-state index contributed by atoms with van der Waals surface area (Å²) in [5, 5.41) is 5.19. The highest BCUT2D eigenvalue weighted by molar-refractivity contribution is 7.14. The van der Waals surface area contributed by atoms with Gasteiger partial charge in [0.1, 0.15) is 0 Å². The van der Waals surface area contributed by atoms with Crippen molar-refractivity contribution in [2.24, 2.45) is 0 Å². The number of nitrogens with one attached hydrogen (secondary N) is 1. The average Bonchev–Trinajstić information content (AvgIpc) is 2.99. The van der Waals surface area contributed by atoms with Crippen molar-refractivity contribution in [1.82, 2.24) is 4.90 Å². The summed E-state index contributed by atoms with van der Waals surface area (Å²) in [6.45, 7) is 1.38. The smallest absolute Gasteiger partial charge is 0.338 e.